The van der Waals surface area contributed by atoms with Crippen molar-refractivity contribution in [3.8, 4) is 5.75 Å². The summed E-state index contributed by atoms with van der Waals surface area (Å²) in [5.74, 6) is 0.856. The molecule has 0 spiro atoms. The van der Waals surface area contributed by atoms with Gasteiger partial charge in [-0.3, -0.25) is 14.9 Å². The molecular formula is C18H17ClN2O4. The van der Waals surface area contributed by atoms with Gasteiger partial charge >= 0.3 is 0 Å². The van der Waals surface area contributed by atoms with E-state index in [2.05, 4.69) is 0 Å². The first-order valence-corrected chi connectivity index (χ1v) is 8.24. The minimum atomic E-state index is -0.532. The number of nitro benzene ring substituents is 1. The van der Waals surface area contributed by atoms with Crippen LogP contribution in [-0.4, -0.2) is 35.9 Å². The van der Waals surface area contributed by atoms with Crippen molar-refractivity contribution < 1.29 is 14.5 Å². The highest BCUT2D eigenvalue weighted by atomic mass is 35.5. The summed E-state index contributed by atoms with van der Waals surface area (Å²) in [7, 11) is 1.62. The molecule has 0 aliphatic carbocycles. The molecule has 1 aliphatic heterocycles. The number of nitro groups is 1. The van der Waals surface area contributed by atoms with Gasteiger partial charge < -0.3 is 9.64 Å². The molecule has 1 saturated heterocycles. The molecule has 7 heteroatoms. The molecular weight excluding hydrogens is 344 g/mol. The molecule has 2 aromatic rings. The highest BCUT2D eigenvalue weighted by molar-refractivity contribution is 6.34. The summed E-state index contributed by atoms with van der Waals surface area (Å²) < 4.78 is 5.16. The Bertz CT molecular complexity index is 807. The third-order valence-corrected chi connectivity index (χ3v) is 4.77. The van der Waals surface area contributed by atoms with Crippen LogP contribution in [0.25, 0.3) is 0 Å². The third kappa shape index (κ3) is 3.58. The van der Waals surface area contributed by atoms with Gasteiger partial charge in [-0.15, -0.1) is 0 Å². The molecule has 0 radical (unpaired) electrons. The molecule has 0 saturated carbocycles. The number of amides is 1. The summed E-state index contributed by atoms with van der Waals surface area (Å²) in [6.07, 6.45) is 0.864. The molecule has 3 rings (SSSR count). The molecule has 0 aromatic heterocycles. The summed E-state index contributed by atoms with van der Waals surface area (Å²) in [6, 6.07) is 11.8. The Morgan fingerprint density at radius 1 is 1.28 bits per heavy atom. The number of non-ortho nitro benzene ring substituents is 1. The van der Waals surface area contributed by atoms with E-state index >= 15 is 0 Å². The van der Waals surface area contributed by atoms with E-state index in [9.17, 15) is 14.9 Å². The molecule has 130 valence electrons. The normalized spacial score (nSPS) is 16.7. The van der Waals surface area contributed by atoms with Crippen LogP contribution >= 0.6 is 11.6 Å². The van der Waals surface area contributed by atoms with E-state index in [1.807, 2.05) is 24.3 Å². The Labute approximate surface area is 150 Å². The van der Waals surface area contributed by atoms with Gasteiger partial charge in [0.1, 0.15) is 5.75 Å². The van der Waals surface area contributed by atoms with Crippen LogP contribution in [0.15, 0.2) is 42.5 Å². The Morgan fingerprint density at radius 3 is 2.60 bits per heavy atom. The topological polar surface area (TPSA) is 72.7 Å². The molecule has 0 bridgehead atoms. The number of hydrogen-bond acceptors (Lipinski definition) is 4. The fourth-order valence-electron chi connectivity index (χ4n) is 3.05. The van der Waals surface area contributed by atoms with Crippen molar-refractivity contribution in [2.24, 2.45) is 0 Å². The lowest BCUT2D eigenvalue weighted by Crippen LogP contribution is -2.28. The first kappa shape index (κ1) is 17.2. The highest BCUT2D eigenvalue weighted by Crippen LogP contribution is 2.31. The summed E-state index contributed by atoms with van der Waals surface area (Å²) in [4.78, 5) is 24.7. The molecule has 1 heterocycles. The van der Waals surface area contributed by atoms with Crippen molar-refractivity contribution >= 4 is 23.2 Å². The Balaban J connectivity index is 1.73. The lowest BCUT2D eigenvalue weighted by atomic mass is 9.98. The van der Waals surface area contributed by atoms with Crippen LogP contribution in [0.2, 0.25) is 5.02 Å². The van der Waals surface area contributed by atoms with Crippen molar-refractivity contribution in [3.05, 3.63) is 68.7 Å². The quantitative estimate of drug-likeness (QED) is 0.612. The number of rotatable bonds is 4. The number of benzene rings is 2. The standard InChI is InChI=1S/C18H17ClN2O4/c1-25-15-5-2-12(3-6-15)13-8-9-20(11-13)18(22)16-7-4-14(21(23)24)10-17(16)19/h2-7,10,13H,8-9,11H2,1H3. The molecule has 1 aliphatic rings. The second-order valence-corrected chi connectivity index (χ2v) is 6.34. The van der Waals surface area contributed by atoms with E-state index in [1.54, 1.807) is 12.0 Å². The number of nitrogens with zero attached hydrogens (tertiary/aromatic N) is 2. The van der Waals surface area contributed by atoms with E-state index in [0.717, 1.165) is 17.7 Å². The van der Waals surface area contributed by atoms with Gasteiger partial charge in [-0.2, -0.15) is 0 Å². The zero-order chi connectivity index (χ0) is 18.0. The average molecular weight is 361 g/mol. The van der Waals surface area contributed by atoms with Crippen molar-refractivity contribution in [1.29, 1.82) is 0 Å². The van der Waals surface area contributed by atoms with E-state index in [4.69, 9.17) is 16.3 Å². The van der Waals surface area contributed by atoms with Gasteiger partial charge in [0, 0.05) is 31.1 Å². The smallest absolute Gasteiger partial charge is 0.270 e. The lowest BCUT2D eigenvalue weighted by molar-refractivity contribution is -0.384. The highest BCUT2D eigenvalue weighted by Gasteiger charge is 2.29. The van der Waals surface area contributed by atoms with Crippen LogP contribution in [-0.2, 0) is 0 Å². The van der Waals surface area contributed by atoms with Crippen LogP contribution < -0.4 is 4.74 Å². The Morgan fingerprint density at radius 2 is 2.00 bits per heavy atom. The number of methoxy groups -OCH3 is 1. The van der Waals surface area contributed by atoms with Crippen LogP contribution in [0.5, 0.6) is 5.75 Å². The largest absolute Gasteiger partial charge is 0.497 e. The first-order chi connectivity index (χ1) is 12.0. The number of hydrogen-bond donors (Lipinski definition) is 0. The molecule has 2 aromatic carbocycles. The van der Waals surface area contributed by atoms with Crippen molar-refractivity contribution in [3.63, 3.8) is 0 Å². The molecule has 1 amide bonds. The summed E-state index contributed by atoms with van der Waals surface area (Å²) >= 11 is 6.07. The molecule has 1 atom stereocenters. The monoisotopic (exact) mass is 360 g/mol. The Kier molecular flexibility index (Phi) is 4.90. The van der Waals surface area contributed by atoms with Crippen LogP contribution in [0, 0.1) is 10.1 Å². The van der Waals surface area contributed by atoms with Gasteiger partial charge in [0.15, 0.2) is 0 Å². The van der Waals surface area contributed by atoms with Gasteiger partial charge in [-0.1, -0.05) is 23.7 Å². The van der Waals surface area contributed by atoms with E-state index in [0.29, 0.717) is 18.7 Å². The fraction of sp³-hybridized carbons (Fsp3) is 0.278. The van der Waals surface area contributed by atoms with E-state index in [1.165, 1.54) is 18.2 Å². The maximum atomic E-state index is 12.7. The van der Waals surface area contributed by atoms with Crippen molar-refractivity contribution in [1.82, 2.24) is 4.90 Å². The molecule has 1 unspecified atom stereocenters. The van der Waals surface area contributed by atoms with Gasteiger partial charge in [0.25, 0.3) is 11.6 Å². The summed E-state index contributed by atoms with van der Waals surface area (Å²) in [5, 5.41) is 10.9. The van der Waals surface area contributed by atoms with Gasteiger partial charge in [-0.05, 0) is 30.2 Å². The van der Waals surface area contributed by atoms with Crippen LogP contribution in [0.3, 0.4) is 0 Å². The molecule has 1 fully saturated rings. The zero-order valence-electron chi connectivity index (χ0n) is 13.6. The van der Waals surface area contributed by atoms with Crippen molar-refractivity contribution in [2.75, 3.05) is 20.2 Å². The predicted molar refractivity (Wildman–Crippen MR) is 94.4 cm³/mol. The first-order valence-electron chi connectivity index (χ1n) is 7.86. The van der Waals surface area contributed by atoms with E-state index in [-0.39, 0.29) is 22.5 Å². The third-order valence-electron chi connectivity index (χ3n) is 4.46. The lowest BCUT2D eigenvalue weighted by Gasteiger charge is -2.17. The van der Waals surface area contributed by atoms with Crippen molar-refractivity contribution in [2.45, 2.75) is 12.3 Å². The van der Waals surface area contributed by atoms with Crippen LogP contribution in [0.1, 0.15) is 28.3 Å². The number of likely N-dealkylation sites (tertiary alicyclic amines) is 1. The molecule has 6 nitrogen and oxygen atoms in total. The maximum absolute atomic E-state index is 12.7. The SMILES string of the molecule is COc1ccc(C2CCN(C(=O)c3ccc([N+](=O)[O-])cc3Cl)C2)cc1. The number of carbonyl (C=O) groups excluding carboxylic acids is 1. The van der Waals surface area contributed by atoms with Gasteiger partial charge in [0.05, 0.1) is 22.6 Å². The molecule has 0 N–H and O–H groups in total. The maximum Gasteiger partial charge on any atom is 0.270 e. The number of carbonyl (C=O) groups is 1. The van der Waals surface area contributed by atoms with Crippen LogP contribution in [0.4, 0.5) is 5.69 Å². The summed E-state index contributed by atoms with van der Waals surface area (Å²) in [6.45, 7) is 1.22. The minimum Gasteiger partial charge on any atom is -0.497 e. The fourth-order valence-corrected chi connectivity index (χ4v) is 3.31. The predicted octanol–water partition coefficient (Wildman–Crippen LogP) is 3.89. The van der Waals surface area contributed by atoms with Gasteiger partial charge in [-0.25, -0.2) is 0 Å². The molecule has 25 heavy (non-hydrogen) atoms. The zero-order valence-corrected chi connectivity index (χ0v) is 14.4. The minimum absolute atomic E-state index is 0.104. The average Bonchev–Trinajstić information content (AvgIpc) is 3.11. The Hall–Kier alpha value is -2.60. The van der Waals surface area contributed by atoms with E-state index < -0.39 is 4.92 Å². The summed E-state index contributed by atoms with van der Waals surface area (Å²) in [5.41, 5.74) is 1.33. The number of ether oxygens (including phenoxy) is 1. The number of halogens is 1. The second kappa shape index (κ2) is 7.11. The second-order valence-electron chi connectivity index (χ2n) is 5.93. The van der Waals surface area contributed by atoms with Gasteiger partial charge in [0.2, 0.25) is 0 Å².